The molecule has 3 fully saturated rings. The lowest BCUT2D eigenvalue weighted by Crippen LogP contribution is -2.56. The highest BCUT2D eigenvalue weighted by Gasteiger charge is 2.54. The summed E-state index contributed by atoms with van der Waals surface area (Å²) in [4.78, 5) is 44.9. The Morgan fingerprint density at radius 1 is 0.939 bits per heavy atom. The fraction of sp³-hybridized carbons (Fsp3) is 0.423. The lowest BCUT2D eigenvalue weighted by molar-refractivity contribution is -0.135. The summed E-state index contributed by atoms with van der Waals surface area (Å²) in [5.41, 5.74) is 1.01. The smallest absolute Gasteiger partial charge is 0.325 e. The highest BCUT2D eigenvalue weighted by atomic mass is 16.2. The topological polar surface area (TPSA) is 73.0 Å². The summed E-state index contributed by atoms with van der Waals surface area (Å²) in [6.07, 6.45) is 2.69. The molecule has 7 nitrogen and oxygen atoms in total. The standard InChI is InChI=1S/C26H30N4O3/c31-23(21-10-5-2-6-11-21)29-16-13-26(14-17-29)24(32)30(25(33)27-26)22-12-7-15-28(19-22)18-20-8-3-1-4-9-20/h1-6,8-11,22H,7,12-19H2,(H,27,33)/t22-/m0/s1. The molecule has 0 radical (unpaired) electrons. The van der Waals surface area contributed by atoms with Crippen LogP contribution in [0.1, 0.15) is 41.6 Å². The molecule has 2 aromatic carbocycles. The fourth-order valence-electron chi connectivity index (χ4n) is 5.39. The second-order valence-electron chi connectivity index (χ2n) is 9.36. The van der Waals surface area contributed by atoms with Crippen molar-refractivity contribution in [3.8, 4) is 0 Å². The van der Waals surface area contributed by atoms with Crippen molar-refractivity contribution in [3.05, 3.63) is 71.8 Å². The number of piperidine rings is 2. The SMILES string of the molecule is O=C(c1ccccc1)N1CCC2(CC1)NC(=O)N([C@H]1CCCN(Cc3ccccc3)C1)C2=O. The number of hydrogen-bond donors (Lipinski definition) is 1. The fourth-order valence-corrected chi connectivity index (χ4v) is 5.39. The quantitative estimate of drug-likeness (QED) is 0.733. The summed E-state index contributed by atoms with van der Waals surface area (Å²) >= 11 is 0. The number of nitrogens with zero attached hydrogens (tertiary/aromatic N) is 3. The average Bonchev–Trinajstić information content (AvgIpc) is 3.09. The van der Waals surface area contributed by atoms with E-state index in [1.807, 2.05) is 36.4 Å². The van der Waals surface area contributed by atoms with Crippen molar-refractivity contribution in [2.45, 2.75) is 43.8 Å². The molecule has 3 aliphatic heterocycles. The van der Waals surface area contributed by atoms with Gasteiger partial charge >= 0.3 is 6.03 Å². The number of likely N-dealkylation sites (tertiary alicyclic amines) is 2. The molecule has 1 atom stereocenters. The van der Waals surface area contributed by atoms with Crippen molar-refractivity contribution in [2.75, 3.05) is 26.2 Å². The summed E-state index contributed by atoms with van der Waals surface area (Å²) < 4.78 is 0. The van der Waals surface area contributed by atoms with Gasteiger partial charge in [0.1, 0.15) is 5.54 Å². The van der Waals surface area contributed by atoms with Crippen LogP contribution in [-0.4, -0.2) is 70.3 Å². The zero-order valence-electron chi connectivity index (χ0n) is 18.8. The molecule has 3 saturated heterocycles. The first-order valence-electron chi connectivity index (χ1n) is 11.8. The minimum absolute atomic E-state index is 0.0251. The Labute approximate surface area is 194 Å². The van der Waals surface area contributed by atoms with E-state index in [-0.39, 0.29) is 23.9 Å². The van der Waals surface area contributed by atoms with Gasteiger partial charge in [-0.15, -0.1) is 0 Å². The highest BCUT2D eigenvalue weighted by Crippen LogP contribution is 2.33. The zero-order valence-corrected chi connectivity index (χ0v) is 18.8. The number of amides is 4. The summed E-state index contributed by atoms with van der Waals surface area (Å²) in [6.45, 7) is 3.40. The van der Waals surface area contributed by atoms with E-state index < -0.39 is 5.54 Å². The Balaban J connectivity index is 1.23. The number of nitrogens with one attached hydrogen (secondary N) is 1. The Bertz CT molecular complexity index is 1020. The minimum Gasteiger partial charge on any atom is -0.338 e. The van der Waals surface area contributed by atoms with Crippen molar-refractivity contribution in [2.24, 2.45) is 0 Å². The van der Waals surface area contributed by atoms with Gasteiger partial charge in [0, 0.05) is 31.7 Å². The molecule has 2 aromatic rings. The van der Waals surface area contributed by atoms with Gasteiger partial charge in [-0.25, -0.2) is 4.79 Å². The van der Waals surface area contributed by atoms with Gasteiger partial charge in [-0.05, 0) is 49.9 Å². The number of imide groups is 1. The summed E-state index contributed by atoms with van der Waals surface area (Å²) in [5, 5.41) is 3.01. The molecule has 4 amide bonds. The third kappa shape index (κ3) is 4.25. The molecular formula is C26H30N4O3. The van der Waals surface area contributed by atoms with Gasteiger partial charge in [0.15, 0.2) is 0 Å². The van der Waals surface area contributed by atoms with Crippen LogP contribution in [-0.2, 0) is 11.3 Å². The largest absolute Gasteiger partial charge is 0.338 e. The Morgan fingerprint density at radius 2 is 1.61 bits per heavy atom. The van der Waals surface area contributed by atoms with E-state index in [4.69, 9.17) is 0 Å². The predicted octanol–water partition coefficient (Wildman–Crippen LogP) is 2.88. The third-order valence-corrected chi connectivity index (χ3v) is 7.21. The molecule has 0 saturated carbocycles. The molecule has 3 heterocycles. The van der Waals surface area contributed by atoms with Crippen LogP contribution in [0.25, 0.3) is 0 Å². The third-order valence-electron chi connectivity index (χ3n) is 7.21. The average molecular weight is 447 g/mol. The van der Waals surface area contributed by atoms with Gasteiger partial charge in [-0.2, -0.15) is 0 Å². The second kappa shape index (κ2) is 8.98. The normalized spacial score (nSPS) is 23.1. The highest BCUT2D eigenvalue weighted by molar-refractivity contribution is 6.07. The number of carbonyl (C=O) groups is 3. The number of hydrogen-bond acceptors (Lipinski definition) is 4. The first-order chi connectivity index (χ1) is 16.1. The molecule has 33 heavy (non-hydrogen) atoms. The van der Waals surface area contributed by atoms with E-state index in [0.717, 1.165) is 25.9 Å². The molecule has 1 spiro atoms. The lowest BCUT2D eigenvalue weighted by Gasteiger charge is -2.39. The van der Waals surface area contributed by atoms with Crippen molar-refractivity contribution in [3.63, 3.8) is 0 Å². The van der Waals surface area contributed by atoms with E-state index in [0.29, 0.717) is 38.0 Å². The Morgan fingerprint density at radius 3 is 2.30 bits per heavy atom. The van der Waals surface area contributed by atoms with Crippen LogP contribution in [0.15, 0.2) is 60.7 Å². The lowest BCUT2D eigenvalue weighted by atomic mass is 9.86. The summed E-state index contributed by atoms with van der Waals surface area (Å²) in [5.74, 6) is -0.145. The van der Waals surface area contributed by atoms with Crippen LogP contribution in [0.4, 0.5) is 4.79 Å². The molecule has 0 aliphatic carbocycles. The van der Waals surface area contributed by atoms with E-state index in [1.165, 1.54) is 10.5 Å². The Hall–Kier alpha value is -3.19. The molecule has 0 aromatic heterocycles. The number of carbonyl (C=O) groups excluding carboxylic acids is 3. The van der Waals surface area contributed by atoms with Gasteiger partial charge in [0.2, 0.25) is 0 Å². The predicted molar refractivity (Wildman–Crippen MR) is 124 cm³/mol. The maximum atomic E-state index is 13.5. The van der Waals surface area contributed by atoms with Crippen molar-refractivity contribution in [1.29, 1.82) is 0 Å². The molecule has 7 heteroatoms. The van der Waals surface area contributed by atoms with E-state index in [9.17, 15) is 14.4 Å². The maximum Gasteiger partial charge on any atom is 0.325 e. The molecule has 1 N–H and O–H groups in total. The summed E-state index contributed by atoms with van der Waals surface area (Å²) in [6, 6.07) is 19.1. The molecule has 0 bridgehead atoms. The van der Waals surface area contributed by atoms with E-state index >= 15 is 0 Å². The van der Waals surface area contributed by atoms with Gasteiger partial charge in [0.25, 0.3) is 11.8 Å². The Kier molecular flexibility index (Phi) is 5.89. The first kappa shape index (κ1) is 21.6. The van der Waals surface area contributed by atoms with Crippen LogP contribution in [0.3, 0.4) is 0 Å². The van der Waals surface area contributed by atoms with Gasteiger partial charge < -0.3 is 10.2 Å². The van der Waals surface area contributed by atoms with Crippen LogP contribution in [0.2, 0.25) is 0 Å². The van der Waals surface area contributed by atoms with Crippen LogP contribution in [0.5, 0.6) is 0 Å². The molecular weight excluding hydrogens is 416 g/mol. The zero-order chi connectivity index (χ0) is 22.8. The molecule has 172 valence electrons. The van der Waals surface area contributed by atoms with Crippen molar-refractivity contribution < 1.29 is 14.4 Å². The van der Waals surface area contributed by atoms with Crippen molar-refractivity contribution >= 4 is 17.8 Å². The monoisotopic (exact) mass is 446 g/mol. The van der Waals surface area contributed by atoms with Crippen LogP contribution >= 0.6 is 0 Å². The van der Waals surface area contributed by atoms with Crippen LogP contribution in [0, 0.1) is 0 Å². The van der Waals surface area contributed by atoms with Gasteiger partial charge in [-0.3, -0.25) is 19.4 Å². The summed E-state index contributed by atoms with van der Waals surface area (Å²) in [7, 11) is 0. The first-order valence-corrected chi connectivity index (χ1v) is 11.8. The maximum absolute atomic E-state index is 13.5. The van der Waals surface area contributed by atoms with E-state index in [1.54, 1.807) is 17.0 Å². The van der Waals surface area contributed by atoms with Crippen LogP contribution < -0.4 is 5.32 Å². The molecule has 3 aliphatic rings. The van der Waals surface area contributed by atoms with Gasteiger partial charge in [-0.1, -0.05) is 48.5 Å². The number of rotatable bonds is 4. The number of benzene rings is 2. The second-order valence-corrected chi connectivity index (χ2v) is 9.36. The van der Waals surface area contributed by atoms with Gasteiger partial charge in [0.05, 0.1) is 6.04 Å². The van der Waals surface area contributed by atoms with E-state index in [2.05, 4.69) is 22.3 Å². The molecule has 0 unspecified atom stereocenters. The minimum atomic E-state index is -0.883. The molecule has 5 rings (SSSR count). The van der Waals surface area contributed by atoms with Crippen molar-refractivity contribution in [1.82, 2.24) is 20.0 Å². The number of urea groups is 1.